The van der Waals surface area contributed by atoms with Crippen LogP contribution in [0.1, 0.15) is 31.2 Å². The molecule has 0 aliphatic heterocycles. The van der Waals surface area contributed by atoms with Crippen LogP contribution in [0.3, 0.4) is 0 Å². The van der Waals surface area contributed by atoms with Crippen LogP contribution in [-0.2, 0) is 14.3 Å². The SMILES string of the molecule is Cc1ccc(S(=O)(=O)O[C@H]2CCCC[C@H]2O)cc1. The molecular weight excluding hydrogens is 252 g/mol. The van der Waals surface area contributed by atoms with E-state index in [1.165, 1.54) is 12.1 Å². The molecule has 1 N–H and O–H groups in total. The lowest BCUT2D eigenvalue weighted by Gasteiger charge is -2.26. The molecule has 5 heteroatoms. The predicted octanol–water partition coefficient (Wildman–Crippen LogP) is 2.00. The third-order valence-corrected chi connectivity index (χ3v) is 4.58. The lowest BCUT2D eigenvalue weighted by Crippen LogP contribution is -2.34. The highest BCUT2D eigenvalue weighted by Crippen LogP contribution is 2.25. The summed E-state index contributed by atoms with van der Waals surface area (Å²) < 4.78 is 29.2. The number of benzene rings is 1. The summed E-state index contributed by atoms with van der Waals surface area (Å²) in [5.74, 6) is 0. The molecule has 18 heavy (non-hydrogen) atoms. The van der Waals surface area contributed by atoms with Gasteiger partial charge in [0.25, 0.3) is 10.1 Å². The zero-order chi connectivity index (χ0) is 13.2. The molecular formula is C13H18O4S. The van der Waals surface area contributed by atoms with Gasteiger partial charge in [-0.05, 0) is 31.9 Å². The van der Waals surface area contributed by atoms with E-state index in [2.05, 4.69) is 0 Å². The molecule has 4 nitrogen and oxygen atoms in total. The van der Waals surface area contributed by atoms with Crippen molar-refractivity contribution in [2.75, 3.05) is 0 Å². The predicted molar refractivity (Wildman–Crippen MR) is 67.7 cm³/mol. The second-order valence-electron chi connectivity index (χ2n) is 4.75. The third-order valence-electron chi connectivity index (χ3n) is 3.23. The highest BCUT2D eigenvalue weighted by Gasteiger charge is 2.29. The summed E-state index contributed by atoms with van der Waals surface area (Å²) in [6, 6.07) is 6.51. The van der Waals surface area contributed by atoms with E-state index in [-0.39, 0.29) is 4.90 Å². The molecule has 1 aromatic rings. The highest BCUT2D eigenvalue weighted by molar-refractivity contribution is 7.86. The summed E-state index contributed by atoms with van der Waals surface area (Å²) in [5, 5.41) is 9.73. The first kappa shape index (κ1) is 13.5. The Labute approximate surface area is 108 Å². The van der Waals surface area contributed by atoms with Crippen LogP contribution in [0.4, 0.5) is 0 Å². The van der Waals surface area contributed by atoms with Gasteiger partial charge in [-0.3, -0.25) is 4.18 Å². The molecule has 0 amide bonds. The number of hydrogen-bond donors (Lipinski definition) is 1. The van der Waals surface area contributed by atoms with Crippen molar-refractivity contribution in [2.24, 2.45) is 0 Å². The van der Waals surface area contributed by atoms with Crippen molar-refractivity contribution in [2.45, 2.75) is 49.7 Å². The van der Waals surface area contributed by atoms with Gasteiger partial charge in [-0.1, -0.05) is 30.5 Å². The fourth-order valence-electron chi connectivity index (χ4n) is 2.11. The molecule has 0 aromatic heterocycles. The minimum absolute atomic E-state index is 0.144. The molecule has 2 atom stereocenters. The van der Waals surface area contributed by atoms with Gasteiger partial charge in [-0.2, -0.15) is 8.42 Å². The van der Waals surface area contributed by atoms with E-state index < -0.39 is 22.3 Å². The summed E-state index contributed by atoms with van der Waals surface area (Å²) in [6.45, 7) is 1.89. The van der Waals surface area contributed by atoms with Gasteiger partial charge in [0.05, 0.1) is 11.0 Å². The maximum atomic E-state index is 12.0. The number of aliphatic hydroxyl groups excluding tert-OH is 1. The maximum Gasteiger partial charge on any atom is 0.297 e. The first-order chi connectivity index (χ1) is 8.49. The Morgan fingerprint density at radius 1 is 1.17 bits per heavy atom. The molecule has 1 aromatic carbocycles. The van der Waals surface area contributed by atoms with E-state index >= 15 is 0 Å². The Morgan fingerprint density at radius 3 is 2.39 bits per heavy atom. The summed E-state index contributed by atoms with van der Waals surface area (Å²) in [7, 11) is -3.77. The highest BCUT2D eigenvalue weighted by atomic mass is 32.2. The fourth-order valence-corrected chi connectivity index (χ4v) is 3.24. The van der Waals surface area contributed by atoms with Gasteiger partial charge in [0.2, 0.25) is 0 Å². The molecule has 0 saturated heterocycles. The average Bonchev–Trinajstić information content (AvgIpc) is 2.32. The summed E-state index contributed by atoms with van der Waals surface area (Å²) >= 11 is 0. The fraction of sp³-hybridized carbons (Fsp3) is 0.538. The van der Waals surface area contributed by atoms with Crippen LogP contribution in [0.2, 0.25) is 0 Å². The largest absolute Gasteiger partial charge is 0.390 e. The van der Waals surface area contributed by atoms with Crippen LogP contribution in [-0.4, -0.2) is 25.7 Å². The van der Waals surface area contributed by atoms with Crippen molar-refractivity contribution in [3.8, 4) is 0 Å². The van der Waals surface area contributed by atoms with Crippen LogP contribution in [0.5, 0.6) is 0 Å². The minimum atomic E-state index is -3.77. The van der Waals surface area contributed by atoms with Gasteiger partial charge in [-0.15, -0.1) is 0 Å². The normalized spacial score (nSPS) is 25.0. The average molecular weight is 270 g/mol. The first-order valence-electron chi connectivity index (χ1n) is 6.17. The molecule has 0 radical (unpaired) electrons. The Kier molecular flexibility index (Phi) is 4.04. The van der Waals surface area contributed by atoms with E-state index in [0.29, 0.717) is 12.8 Å². The number of aryl methyl sites for hydroxylation is 1. The monoisotopic (exact) mass is 270 g/mol. The van der Waals surface area contributed by atoms with Crippen LogP contribution in [0.25, 0.3) is 0 Å². The van der Waals surface area contributed by atoms with Crippen molar-refractivity contribution < 1.29 is 17.7 Å². The Hall–Kier alpha value is -0.910. The molecule has 0 bridgehead atoms. The molecule has 1 aliphatic carbocycles. The minimum Gasteiger partial charge on any atom is -0.390 e. The van der Waals surface area contributed by atoms with Gasteiger partial charge in [0.1, 0.15) is 6.10 Å². The van der Waals surface area contributed by atoms with E-state index in [0.717, 1.165) is 18.4 Å². The molecule has 1 aliphatic rings. The van der Waals surface area contributed by atoms with Crippen molar-refractivity contribution >= 4 is 10.1 Å². The molecule has 1 fully saturated rings. The molecule has 100 valence electrons. The van der Waals surface area contributed by atoms with E-state index in [9.17, 15) is 13.5 Å². The van der Waals surface area contributed by atoms with Crippen LogP contribution in [0, 0.1) is 6.92 Å². The van der Waals surface area contributed by atoms with Crippen molar-refractivity contribution in [1.82, 2.24) is 0 Å². The molecule has 0 heterocycles. The zero-order valence-electron chi connectivity index (χ0n) is 10.4. The summed E-state index contributed by atoms with van der Waals surface area (Å²) in [6.07, 6.45) is 1.72. The van der Waals surface area contributed by atoms with Gasteiger partial charge in [0.15, 0.2) is 0 Å². The smallest absolute Gasteiger partial charge is 0.297 e. The summed E-state index contributed by atoms with van der Waals surface area (Å²) in [5.41, 5.74) is 0.992. The van der Waals surface area contributed by atoms with Crippen LogP contribution >= 0.6 is 0 Å². The van der Waals surface area contributed by atoms with Gasteiger partial charge < -0.3 is 5.11 Å². The van der Waals surface area contributed by atoms with Crippen LogP contribution in [0.15, 0.2) is 29.2 Å². The van der Waals surface area contributed by atoms with E-state index in [4.69, 9.17) is 4.18 Å². The lowest BCUT2D eigenvalue weighted by molar-refractivity contribution is 0.0105. The second kappa shape index (κ2) is 5.38. The maximum absolute atomic E-state index is 12.0. The van der Waals surface area contributed by atoms with Gasteiger partial charge in [-0.25, -0.2) is 0 Å². The lowest BCUT2D eigenvalue weighted by atomic mass is 9.95. The topological polar surface area (TPSA) is 63.6 Å². The molecule has 2 rings (SSSR count). The standard InChI is InChI=1S/C13H18O4S/c1-10-6-8-11(9-7-10)18(15,16)17-13-5-3-2-4-12(13)14/h6-9,12-14H,2-5H2,1H3/t12-,13+/m1/s1. The van der Waals surface area contributed by atoms with Crippen molar-refractivity contribution in [3.05, 3.63) is 29.8 Å². The Balaban J connectivity index is 2.13. The first-order valence-corrected chi connectivity index (χ1v) is 7.58. The molecule has 1 saturated carbocycles. The molecule has 0 unspecified atom stereocenters. The third kappa shape index (κ3) is 3.10. The molecule has 0 spiro atoms. The van der Waals surface area contributed by atoms with Gasteiger partial charge in [0, 0.05) is 0 Å². The number of rotatable bonds is 3. The van der Waals surface area contributed by atoms with E-state index in [1.807, 2.05) is 6.92 Å². The Bertz CT molecular complexity index is 492. The zero-order valence-corrected chi connectivity index (χ0v) is 11.2. The number of hydrogen-bond acceptors (Lipinski definition) is 4. The number of aliphatic hydroxyl groups is 1. The van der Waals surface area contributed by atoms with Crippen molar-refractivity contribution in [1.29, 1.82) is 0 Å². The quantitative estimate of drug-likeness (QED) is 0.853. The Morgan fingerprint density at radius 2 is 1.78 bits per heavy atom. The van der Waals surface area contributed by atoms with Crippen molar-refractivity contribution in [3.63, 3.8) is 0 Å². The van der Waals surface area contributed by atoms with Crippen LogP contribution < -0.4 is 0 Å². The summed E-state index contributed by atoms with van der Waals surface area (Å²) in [4.78, 5) is 0.144. The van der Waals surface area contributed by atoms with Gasteiger partial charge >= 0.3 is 0 Å². The second-order valence-corrected chi connectivity index (χ2v) is 6.33. The van der Waals surface area contributed by atoms with E-state index in [1.54, 1.807) is 12.1 Å².